The first-order valence-electron chi connectivity index (χ1n) is 7.11. The number of nitro benzene ring substituents is 1. The average Bonchev–Trinajstić information content (AvgIpc) is 3.15. The number of amides is 1. The summed E-state index contributed by atoms with van der Waals surface area (Å²) >= 11 is 6.64. The van der Waals surface area contributed by atoms with Gasteiger partial charge in [0.15, 0.2) is 6.61 Å². The molecule has 0 aliphatic heterocycles. The Labute approximate surface area is 162 Å². The third-order valence-corrected chi connectivity index (χ3v) is 6.08. The Balaban J connectivity index is 1.82. The number of nitrogens with zero attached hydrogens (tertiary/aromatic N) is 1. The van der Waals surface area contributed by atoms with E-state index in [9.17, 15) is 28.1 Å². The minimum Gasteiger partial charge on any atom is -0.455 e. The van der Waals surface area contributed by atoms with E-state index in [4.69, 9.17) is 11.6 Å². The molecule has 0 spiro atoms. The van der Waals surface area contributed by atoms with E-state index < -0.39 is 45.7 Å². The molecule has 2 N–H and O–H groups in total. The van der Waals surface area contributed by atoms with Crippen molar-refractivity contribution in [3.63, 3.8) is 0 Å². The molecule has 1 aromatic carbocycles. The van der Waals surface area contributed by atoms with Crippen LogP contribution in [0.1, 0.15) is 0 Å². The van der Waals surface area contributed by atoms with E-state index in [2.05, 4.69) is 10.1 Å². The number of benzene rings is 1. The maximum Gasteiger partial charge on any atom is 0.321 e. The van der Waals surface area contributed by atoms with Crippen molar-refractivity contribution in [1.29, 1.82) is 0 Å². The van der Waals surface area contributed by atoms with Gasteiger partial charge in [-0.3, -0.25) is 19.7 Å². The molecule has 0 saturated heterocycles. The number of halogens is 1. The van der Waals surface area contributed by atoms with Crippen LogP contribution in [0.4, 0.5) is 11.4 Å². The van der Waals surface area contributed by atoms with Crippen LogP contribution in [0.5, 0.6) is 0 Å². The smallest absolute Gasteiger partial charge is 0.321 e. The normalized spacial score (nSPS) is 11.0. The van der Waals surface area contributed by atoms with Crippen molar-refractivity contribution in [2.24, 2.45) is 0 Å². The molecule has 13 heteroatoms. The van der Waals surface area contributed by atoms with Gasteiger partial charge < -0.3 is 10.1 Å². The van der Waals surface area contributed by atoms with Gasteiger partial charge in [0.1, 0.15) is 15.8 Å². The predicted molar refractivity (Wildman–Crippen MR) is 97.2 cm³/mol. The summed E-state index contributed by atoms with van der Waals surface area (Å²) in [7, 11) is -3.83. The van der Waals surface area contributed by atoms with Crippen molar-refractivity contribution in [2.75, 3.05) is 18.5 Å². The average molecular weight is 434 g/mol. The fraction of sp³-hybridized carbons (Fsp3) is 0.143. The molecule has 0 saturated carbocycles. The molecule has 144 valence electrons. The Kier molecular flexibility index (Phi) is 6.85. The highest BCUT2D eigenvalue weighted by molar-refractivity contribution is 7.91. The number of anilines is 1. The second-order valence-electron chi connectivity index (χ2n) is 4.89. The summed E-state index contributed by atoms with van der Waals surface area (Å²) in [6.07, 6.45) is 0. The van der Waals surface area contributed by atoms with E-state index in [1.807, 2.05) is 4.72 Å². The van der Waals surface area contributed by atoms with Gasteiger partial charge in [-0.15, -0.1) is 11.3 Å². The summed E-state index contributed by atoms with van der Waals surface area (Å²) < 4.78 is 30.4. The summed E-state index contributed by atoms with van der Waals surface area (Å²) in [6, 6.07) is 6.54. The summed E-state index contributed by atoms with van der Waals surface area (Å²) in [5.74, 6) is -1.73. The van der Waals surface area contributed by atoms with Crippen LogP contribution in [-0.2, 0) is 24.3 Å². The molecule has 1 heterocycles. The molecule has 27 heavy (non-hydrogen) atoms. The van der Waals surface area contributed by atoms with Crippen LogP contribution < -0.4 is 10.0 Å². The van der Waals surface area contributed by atoms with Gasteiger partial charge >= 0.3 is 5.97 Å². The Hall–Kier alpha value is -2.54. The lowest BCUT2D eigenvalue weighted by molar-refractivity contribution is -0.384. The second-order valence-corrected chi connectivity index (χ2v) is 8.24. The van der Waals surface area contributed by atoms with Crippen LogP contribution >= 0.6 is 22.9 Å². The quantitative estimate of drug-likeness (QED) is 0.366. The number of esters is 1. The lowest BCUT2D eigenvalue weighted by Gasteiger charge is -2.08. The van der Waals surface area contributed by atoms with E-state index in [-0.39, 0.29) is 14.9 Å². The largest absolute Gasteiger partial charge is 0.455 e. The van der Waals surface area contributed by atoms with Crippen molar-refractivity contribution in [3.05, 3.63) is 50.8 Å². The van der Waals surface area contributed by atoms with Crippen LogP contribution in [-0.4, -0.2) is 38.4 Å². The zero-order valence-corrected chi connectivity index (χ0v) is 15.8. The summed E-state index contributed by atoms with van der Waals surface area (Å²) in [4.78, 5) is 33.4. The number of carbonyl (C=O) groups is 2. The Morgan fingerprint density at radius 1 is 1.30 bits per heavy atom. The van der Waals surface area contributed by atoms with E-state index in [1.54, 1.807) is 11.4 Å². The predicted octanol–water partition coefficient (Wildman–Crippen LogP) is 1.77. The molecule has 0 bridgehead atoms. The molecule has 10 nitrogen and oxygen atoms in total. The maximum atomic E-state index is 11.8. The molecule has 0 atom stereocenters. The highest BCUT2D eigenvalue weighted by Gasteiger charge is 2.18. The van der Waals surface area contributed by atoms with Crippen molar-refractivity contribution in [1.82, 2.24) is 4.72 Å². The van der Waals surface area contributed by atoms with Crippen LogP contribution in [0, 0.1) is 10.1 Å². The molecule has 0 aliphatic rings. The van der Waals surface area contributed by atoms with Gasteiger partial charge in [-0.25, -0.2) is 8.42 Å². The first-order chi connectivity index (χ1) is 12.7. The van der Waals surface area contributed by atoms with Crippen molar-refractivity contribution in [2.45, 2.75) is 4.21 Å². The van der Waals surface area contributed by atoms with E-state index >= 15 is 0 Å². The molecular weight excluding hydrogens is 422 g/mol. The zero-order valence-electron chi connectivity index (χ0n) is 13.4. The van der Waals surface area contributed by atoms with Gasteiger partial charge in [0.05, 0.1) is 4.92 Å². The van der Waals surface area contributed by atoms with Gasteiger partial charge in [-0.05, 0) is 23.6 Å². The standard InChI is InChI=1S/C14H12ClN3O7S2/c15-10-4-3-9(6-11(10)18(21)22)17-12(19)8-25-13(20)7-16-27(23,24)14-2-1-5-26-14/h1-6,16H,7-8H2,(H,17,19). The third kappa shape index (κ3) is 5.99. The van der Waals surface area contributed by atoms with Crippen LogP contribution in [0.3, 0.4) is 0 Å². The number of thiophene rings is 1. The molecule has 0 radical (unpaired) electrons. The molecule has 0 unspecified atom stereocenters. The van der Waals surface area contributed by atoms with Crippen LogP contribution in [0.2, 0.25) is 5.02 Å². The number of nitrogens with one attached hydrogen (secondary N) is 2. The van der Waals surface area contributed by atoms with E-state index in [0.29, 0.717) is 0 Å². The van der Waals surface area contributed by atoms with Crippen LogP contribution in [0.25, 0.3) is 0 Å². The fourth-order valence-electron chi connectivity index (χ4n) is 1.77. The number of sulfonamides is 1. The monoisotopic (exact) mass is 433 g/mol. The lowest BCUT2D eigenvalue weighted by atomic mass is 10.3. The van der Waals surface area contributed by atoms with E-state index in [0.717, 1.165) is 17.4 Å². The van der Waals surface area contributed by atoms with E-state index in [1.165, 1.54) is 18.2 Å². The van der Waals surface area contributed by atoms with Gasteiger partial charge in [-0.1, -0.05) is 17.7 Å². The SMILES string of the molecule is O=C(COC(=O)CNS(=O)(=O)c1cccs1)Nc1ccc(Cl)c([N+](=O)[O-])c1. The number of rotatable bonds is 8. The molecule has 1 aromatic heterocycles. The van der Waals surface area contributed by atoms with Gasteiger partial charge in [0, 0.05) is 11.8 Å². The number of nitro groups is 1. The Bertz CT molecular complexity index is 961. The van der Waals surface area contributed by atoms with Crippen molar-refractivity contribution >= 4 is 56.2 Å². The van der Waals surface area contributed by atoms with Gasteiger partial charge in [0.25, 0.3) is 21.6 Å². The molecular formula is C14H12ClN3O7S2. The summed E-state index contributed by atoms with van der Waals surface area (Å²) in [6.45, 7) is -1.35. The molecule has 2 rings (SSSR count). The molecule has 0 fully saturated rings. The van der Waals surface area contributed by atoms with Crippen LogP contribution in [0.15, 0.2) is 39.9 Å². The fourth-order valence-corrected chi connectivity index (χ4v) is 3.96. The first-order valence-corrected chi connectivity index (χ1v) is 9.86. The number of hydrogen-bond acceptors (Lipinski definition) is 8. The number of ether oxygens (including phenoxy) is 1. The second kappa shape index (κ2) is 8.90. The highest BCUT2D eigenvalue weighted by atomic mass is 35.5. The maximum absolute atomic E-state index is 11.8. The lowest BCUT2D eigenvalue weighted by Crippen LogP contribution is -2.32. The first kappa shape index (κ1) is 20.8. The zero-order chi connectivity index (χ0) is 20.0. The number of hydrogen-bond donors (Lipinski definition) is 2. The van der Waals surface area contributed by atoms with Crippen molar-refractivity contribution < 1.29 is 27.7 Å². The minimum absolute atomic E-state index is 0.0392. The summed E-state index contributed by atoms with van der Waals surface area (Å²) in [5, 5.41) is 14.6. The Morgan fingerprint density at radius 3 is 2.67 bits per heavy atom. The molecule has 2 aromatic rings. The minimum atomic E-state index is -3.83. The van der Waals surface area contributed by atoms with Gasteiger partial charge in [-0.2, -0.15) is 4.72 Å². The molecule has 1 amide bonds. The molecule has 0 aliphatic carbocycles. The Morgan fingerprint density at radius 2 is 2.04 bits per heavy atom. The number of carbonyl (C=O) groups excluding carboxylic acids is 2. The third-order valence-electron chi connectivity index (χ3n) is 2.96. The highest BCUT2D eigenvalue weighted by Crippen LogP contribution is 2.27. The topological polar surface area (TPSA) is 145 Å². The summed E-state index contributed by atoms with van der Waals surface area (Å²) in [5.41, 5.74) is -0.306. The van der Waals surface area contributed by atoms with Crippen molar-refractivity contribution in [3.8, 4) is 0 Å². The van der Waals surface area contributed by atoms with Gasteiger partial charge in [0.2, 0.25) is 0 Å².